The summed E-state index contributed by atoms with van der Waals surface area (Å²) in [5.41, 5.74) is 0.114. The molecular formula is C19H18ClF3N6O5S. The van der Waals surface area contributed by atoms with Crippen molar-refractivity contribution in [1.29, 1.82) is 0 Å². The number of halogens is 4. The zero-order valence-corrected chi connectivity index (χ0v) is 19.6. The minimum atomic E-state index is -5.00. The van der Waals surface area contributed by atoms with Crippen LogP contribution in [0.2, 0.25) is 5.02 Å². The lowest BCUT2D eigenvalue weighted by Gasteiger charge is -2.19. The van der Waals surface area contributed by atoms with Gasteiger partial charge in [-0.25, -0.2) is 23.4 Å². The average Bonchev–Trinajstić information content (AvgIpc) is 3.10. The highest BCUT2D eigenvalue weighted by atomic mass is 35.5. The van der Waals surface area contributed by atoms with Crippen molar-refractivity contribution in [3.63, 3.8) is 0 Å². The second-order valence-electron chi connectivity index (χ2n) is 7.43. The van der Waals surface area contributed by atoms with Gasteiger partial charge in [-0.1, -0.05) is 11.6 Å². The number of aryl methyl sites for hydroxylation is 1. The van der Waals surface area contributed by atoms with Gasteiger partial charge in [-0.2, -0.15) is 0 Å². The summed E-state index contributed by atoms with van der Waals surface area (Å²) in [6, 6.07) is 0.741. The lowest BCUT2D eigenvalue weighted by atomic mass is 10.2. The molecule has 3 aromatic rings. The van der Waals surface area contributed by atoms with Crippen LogP contribution in [0.5, 0.6) is 11.6 Å². The Morgan fingerprint density at radius 2 is 1.97 bits per heavy atom. The molecule has 3 aromatic heterocycles. The first-order chi connectivity index (χ1) is 16.6. The fourth-order valence-electron chi connectivity index (χ4n) is 3.47. The molecule has 0 spiro atoms. The van der Waals surface area contributed by atoms with E-state index < -0.39 is 33.9 Å². The van der Waals surface area contributed by atoms with Crippen LogP contribution in [-0.2, 0) is 26.7 Å². The van der Waals surface area contributed by atoms with Crippen LogP contribution in [0.4, 0.5) is 13.2 Å². The molecule has 1 aliphatic heterocycles. The summed E-state index contributed by atoms with van der Waals surface area (Å²) in [5, 5.41) is 8.39. The first-order valence-electron chi connectivity index (χ1n) is 10.0. The molecule has 0 bridgehead atoms. The zero-order chi connectivity index (χ0) is 25.2. The average molecular weight is 535 g/mol. The van der Waals surface area contributed by atoms with Gasteiger partial charge in [0.15, 0.2) is 21.4 Å². The lowest BCUT2D eigenvalue weighted by molar-refractivity contribution is -0.276. The molecule has 4 heterocycles. The van der Waals surface area contributed by atoms with E-state index in [1.165, 1.54) is 30.1 Å². The molecule has 11 nitrogen and oxygen atoms in total. The van der Waals surface area contributed by atoms with Gasteiger partial charge in [0.25, 0.3) is 5.88 Å². The summed E-state index contributed by atoms with van der Waals surface area (Å²) >= 11 is 5.74. The van der Waals surface area contributed by atoms with Gasteiger partial charge in [-0.15, -0.1) is 23.4 Å². The highest BCUT2D eigenvalue weighted by molar-refractivity contribution is 7.90. The predicted octanol–water partition coefficient (Wildman–Crippen LogP) is 2.42. The van der Waals surface area contributed by atoms with Gasteiger partial charge >= 0.3 is 6.36 Å². The third-order valence-electron chi connectivity index (χ3n) is 4.90. The largest absolute Gasteiger partial charge is 0.574 e. The first-order valence-corrected chi connectivity index (χ1v) is 12.2. The topological polar surface area (TPSA) is 131 Å². The quantitative estimate of drug-likeness (QED) is 0.424. The molecule has 0 saturated carbocycles. The zero-order valence-electron chi connectivity index (χ0n) is 18.1. The predicted molar refractivity (Wildman–Crippen MR) is 115 cm³/mol. The van der Waals surface area contributed by atoms with E-state index >= 15 is 0 Å². The van der Waals surface area contributed by atoms with Crippen LogP contribution >= 0.6 is 11.6 Å². The Morgan fingerprint density at radius 1 is 1.23 bits per heavy atom. The third-order valence-corrected chi connectivity index (χ3v) is 6.61. The van der Waals surface area contributed by atoms with Gasteiger partial charge in [0, 0.05) is 32.1 Å². The standard InChI is InChI=1S/C19H18ClF3N6O5S/c1-32-8-12-9-33-16-13(2-4-24-18(16)34-19(21,22)23)17-28-27-15(29(12)17)10-35(30,31)5-3-14-25-6-11(20)7-26-14/h2,4,6-7,12H,3,5,8-10H2,1H3/t12-/m1/s1. The number of hydrogen-bond acceptors (Lipinski definition) is 10. The van der Waals surface area contributed by atoms with Gasteiger partial charge in [-0.3, -0.25) is 0 Å². The number of sulfone groups is 1. The normalized spacial score (nSPS) is 15.6. The van der Waals surface area contributed by atoms with E-state index in [1.807, 2.05) is 0 Å². The number of aromatic nitrogens is 6. The van der Waals surface area contributed by atoms with E-state index in [0.717, 1.165) is 6.20 Å². The molecule has 188 valence electrons. The Labute approximate surface area is 202 Å². The van der Waals surface area contributed by atoms with E-state index in [-0.39, 0.29) is 48.3 Å². The Morgan fingerprint density at radius 3 is 2.66 bits per heavy atom. The number of alkyl halides is 3. The van der Waals surface area contributed by atoms with Crippen LogP contribution in [0.15, 0.2) is 24.7 Å². The molecular weight excluding hydrogens is 517 g/mol. The summed E-state index contributed by atoms with van der Waals surface area (Å²) < 4.78 is 80.6. The van der Waals surface area contributed by atoms with Gasteiger partial charge < -0.3 is 18.8 Å². The maximum Gasteiger partial charge on any atom is 0.574 e. The molecule has 35 heavy (non-hydrogen) atoms. The number of methoxy groups -OCH3 is 1. The first kappa shape index (κ1) is 25.1. The highest BCUT2D eigenvalue weighted by Crippen LogP contribution is 2.41. The van der Waals surface area contributed by atoms with Crippen molar-refractivity contribution in [2.45, 2.75) is 24.6 Å². The Balaban J connectivity index is 1.66. The number of hydrogen-bond donors (Lipinski definition) is 0. The summed E-state index contributed by atoms with van der Waals surface area (Å²) in [5.74, 6) is -1.36. The summed E-state index contributed by atoms with van der Waals surface area (Å²) in [6.07, 6.45) is -1.11. The van der Waals surface area contributed by atoms with E-state index in [9.17, 15) is 21.6 Å². The number of nitrogens with zero attached hydrogens (tertiary/aromatic N) is 6. The van der Waals surface area contributed by atoms with Gasteiger partial charge in [-0.05, 0) is 6.07 Å². The number of ether oxygens (including phenoxy) is 3. The molecule has 0 unspecified atom stereocenters. The Kier molecular flexibility index (Phi) is 7.10. The van der Waals surface area contributed by atoms with E-state index in [4.69, 9.17) is 21.1 Å². The molecule has 0 aromatic carbocycles. The molecule has 16 heteroatoms. The molecule has 0 amide bonds. The van der Waals surface area contributed by atoms with E-state index in [0.29, 0.717) is 10.8 Å². The minimum absolute atomic E-state index is 0.0492. The highest BCUT2D eigenvalue weighted by Gasteiger charge is 2.36. The van der Waals surface area contributed by atoms with Crippen LogP contribution in [-0.4, -0.2) is 70.6 Å². The molecule has 0 radical (unpaired) electrons. The van der Waals surface area contributed by atoms with Crippen LogP contribution in [0.25, 0.3) is 11.4 Å². The molecule has 0 saturated heterocycles. The van der Waals surface area contributed by atoms with Crippen LogP contribution in [0, 0.1) is 0 Å². The third kappa shape index (κ3) is 5.97. The van der Waals surface area contributed by atoms with Crippen molar-refractivity contribution in [2.24, 2.45) is 0 Å². The second kappa shape index (κ2) is 9.91. The lowest BCUT2D eigenvalue weighted by Crippen LogP contribution is -2.25. The summed E-state index contributed by atoms with van der Waals surface area (Å²) in [4.78, 5) is 11.6. The molecule has 1 aliphatic rings. The molecule has 0 fully saturated rings. The Bertz CT molecular complexity index is 1300. The Hall–Kier alpha value is -3.04. The fraction of sp³-hybridized carbons (Fsp3) is 0.421. The van der Waals surface area contributed by atoms with E-state index in [1.54, 1.807) is 0 Å². The monoisotopic (exact) mass is 534 g/mol. The number of fused-ring (bicyclic) bond motifs is 3. The van der Waals surface area contributed by atoms with Crippen LogP contribution in [0.3, 0.4) is 0 Å². The summed E-state index contributed by atoms with van der Waals surface area (Å²) in [7, 11) is -2.29. The summed E-state index contributed by atoms with van der Waals surface area (Å²) in [6.45, 7) is -0.120. The van der Waals surface area contributed by atoms with E-state index in [2.05, 4.69) is 29.9 Å². The fourth-order valence-corrected chi connectivity index (χ4v) is 4.79. The van der Waals surface area contributed by atoms with Crippen molar-refractivity contribution in [3.8, 4) is 23.0 Å². The number of rotatable bonds is 8. The molecule has 4 rings (SSSR count). The molecule has 0 N–H and O–H groups in total. The second-order valence-corrected chi connectivity index (χ2v) is 10.1. The van der Waals surface area contributed by atoms with Crippen molar-refractivity contribution < 1.29 is 35.8 Å². The van der Waals surface area contributed by atoms with Crippen molar-refractivity contribution >= 4 is 21.4 Å². The molecule has 1 atom stereocenters. The van der Waals surface area contributed by atoms with Gasteiger partial charge in [0.2, 0.25) is 0 Å². The minimum Gasteiger partial charge on any atom is -0.485 e. The maximum atomic E-state index is 12.9. The van der Waals surface area contributed by atoms with Crippen LogP contribution < -0.4 is 9.47 Å². The van der Waals surface area contributed by atoms with Crippen molar-refractivity contribution in [1.82, 2.24) is 29.7 Å². The van der Waals surface area contributed by atoms with Crippen molar-refractivity contribution in [3.05, 3.63) is 41.3 Å². The maximum absolute atomic E-state index is 12.9. The number of pyridine rings is 1. The van der Waals surface area contributed by atoms with Crippen LogP contribution in [0.1, 0.15) is 17.7 Å². The van der Waals surface area contributed by atoms with Gasteiger partial charge in [0.1, 0.15) is 24.0 Å². The van der Waals surface area contributed by atoms with Crippen molar-refractivity contribution in [2.75, 3.05) is 26.1 Å². The van der Waals surface area contributed by atoms with Gasteiger partial charge in [0.05, 0.1) is 29.0 Å². The SMILES string of the molecule is COC[C@@H]1COc2c(ccnc2OC(F)(F)F)-c2nnc(CS(=O)(=O)CCc3ncc(Cl)cn3)n21. The smallest absolute Gasteiger partial charge is 0.485 e. The molecule has 0 aliphatic carbocycles.